The average Bonchev–Trinajstić information content (AvgIpc) is 3.30. The number of aliphatic carboxylic acids is 1. The molecule has 0 amide bonds. The number of phenolic OH excluding ortho intramolecular Hbond substituents is 1. The summed E-state index contributed by atoms with van der Waals surface area (Å²) < 4.78 is 12.1. The highest BCUT2D eigenvalue weighted by molar-refractivity contribution is 7.21. The number of hydrogen-bond donors (Lipinski definition) is 2. The van der Waals surface area contributed by atoms with Crippen LogP contribution in [0.4, 0.5) is 0 Å². The topological polar surface area (TPSA) is 97.0 Å². The van der Waals surface area contributed by atoms with Gasteiger partial charge in [-0.05, 0) is 55.0 Å². The molecule has 0 saturated heterocycles. The van der Waals surface area contributed by atoms with Gasteiger partial charge in [-0.1, -0.05) is 12.1 Å². The minimum absolute atomic E-state index is 0.100. The minimum atomic E-state index is -1.03. The number of rotatable bonds is 6. The smallest absolute Gasteiger partial charge is 0.328 e. The van der Waals surface area contributed by atoms with E-state index in [0.29, 0.717) is 38.6 Å². The quantitative estimate of drug-likeness (QED) is 0.310. The molecular weight excluding hydrogens is 404 g/mol. The summed E-state index contributed by atoms with van der Waals surface area (Å²) in [5.74, 6) is 0.359. The van der Waals surface area contributed by atoms with Crippen LogP contribution in [0.5, 0.6) is 17.2 Å². The molecule has 4 rings (SSSR count). The minimum Gasteiger partial charge on any atom is -0.508 e. The van der Waals surface area contributed by atoms with Gasteiger partial charge in [-0.25, -0.2) is 4.79 Å². The molecule has 0 aliphatic heterocycles. The third-order valence-corrected chi connectivity index (χ3v) is 5.48. The van der Waals surface area contributed by atoms with Crippen molar-refractivity contribution < 1.29 is 29.0 Å². The standard InChI is InChI=1S/C23H16O6S/c1-13-10-15(12-28-13)21(27)23-22(18-8-5-16(24)11-19(18)30-23)29-17-6-2-14(3-7-17)4-9-20(25)26/h2-12,24H,1H3,(H,25,26)/b9-4+. The number of ketones is 1. The van der Waals surface area contributed by atoms with Crippen molar-refractivity contribution in [2.45, 2.75) is 6.92 Å². The van der Waals surface area contributed by atoms with Gasteiger partial charge in [-0.3, -0.25) is 4.79 Å². The Morgan fingerprint density at radius 2 is 1.87 bits per heavy atom. The maximum absolute atomic E-state index is 13.1. The van der Waals surface area contributed by atoms with Crippen molar-refractivity contribution in [2.24, 2.45) is 0 Å². The van der Waals surface area contributed by atoms with Gasteiger partial charge < -0.3 is 19.4 Å². The monoisotopic (exact) mass is 420 g/mol. The number of aromatic hydroxyl groups is 1. The summed E-state index contributed by atoms with van der Waals surface area (Å²) in [5.41, 5.74) is 1.12. The lowest BCUT2D eigenvalue weighted by Crippen LogP contribution is -1.99. The van der Waals surface area contributed by atoms with Crippen LogP contribution >= 0.6 is 11.3 Å². The van der Waals surface area contributed by atoms with Crippen LogP contribution in [0.2, 0.25) is 0 Å². The van der Waals surface area contributed by atoms with Crippen molar-refractivity contribution in [1.82, 2.24) is 0 Å². The Hall–Kier alpha value is -3.84. The highest BCUT2D eigenvalue weighted by atomic mass is 32.1. The molecule has 0 aliphatic rings. The predicted octanol–water partition coefficient (Wildman–Crippen LogP) is 5.63. The zero-order chi connectivity index (χ0) is 21.3. The molecule has 4 aromatic rings. The van der Waals surface area contributed by atoms with E-state index in [2.05, 4.69) is 0 Å². The summed E-state index contributed by atoms with van der Waals surface area (Å²) in [6.07, 6.45) is 3.94. The van der Waals surface area contributed by atoms with E-state index < -0.39 is 5.97 Å². The van der Waals surface area contributed by atoms with E-state index in [-0.39, 0.29) is 11.5 Å². The predicted molar refractivity (Wildman–Crippen MR) is 114 cm³/mol. The number of carbonyl (C=O) groups excluding carboxylic acids is 1. The van der Waals surface area contributed by atoms with Crippen LogP contribution in [0.15, 0.2) is 65.3 Å². The van der Waals surface area contributed by atoms with Crippen LogP contribution in [0.1, 0.15) is 26.6 Å². The van der Waals surface area contributed by atoms with Gasteiger partial charge in [0.05, 0.1) is 5.56 Å². The summed E-state index contributed by atoms with van der Waals surface area (Å²) in [5, 5.41) is 19.3. The molecule has 0 aliphatic carbocycles. The Morgan fingerprint density at radius 1 is 1.10 bits per heavy atom. The first-order chi connectivity index (χ1) is 14.4. The van der Waals surface area contributed by atoms with E-state index in [1.165, 1.54) is 29.7 Å². The molecule has 2 heterocycles. The Kier molecular flexibility index (Phi) is 5.12. The Balaban J connectivity index is 1.73. The number of furan rings is 1. The van der Waals surface area contributed by atoms with Crippen LogP contribution in [-0.4, -0.2) is 22.0 Å². The zero-order valence-electron chi connectivity index (χ0n) is 15.8. The average molecular weight is 420 g/mol. The van der Waals surface area contributed by atoms with Crippen molar-refractivity contribution in [2.75, 3.05) is 0 Å². The molecule has 0 unspecified atom stereocenters. The van der Waals surface area contributed by atoms with Crippen LogP contribution in [0, 0.1) is 6.92 Å². The number of carboxylic acid groups (broad SMARTS) is 1. The summed E-state index contributed by atoms with van der Waals surface area (Å²) in [6.45, 7) is 1.76. The van der Waals surface area contributed by atoms with Gasteiger partial charge >= 0.3 is 5.97 Å². The number of fused-ring (bicyclic) bond motifs is 1. The lowest BCUT2D eigenvalue weighted by atomic mass is 10.1. The van der Waals surface area contributed by atoms with Gasteiger partial charge in [0.2, 0.25) is 5.78 Å². The van der Waals surface area contributed by atoms with E-state index >= 15 is 0 Å². The van der Waals surface area contributed by atoms with E-state index in [4.69, 9.17) is 14.3 Å². The molecular formula is C23H16O6S. The fraction of sp³-hybridized carbons (Fsp3) is 0.0435. The highest BCUT2D eigenvalue weighted by Crippen LogP contribution is 2.42. The molecule has 0 atom stereocenters. The van der Waals surface area contributed by atoms with Crippen LogP contribution in [0.3, 0.4) is 0 Å². The molecule has 0 saturated carbocycles. The molecule has 2 aromatic heterocycles. The molecule has 2 aromatic carbocycles. The SMILES string of the molecule is Cc1cc(C(=O)c2sc3cc(O)ccc3c2Oc2ccc(/C=C/C(=O)O)cc2)co1. The zero-order valence-corrected chi connectivity index (χ0v) is 16.6. The maximum atomic E-state index is 13.1. The Labute approximate surface area is 175 Å². The number of phenols is 1. The molecule has 0 radical (unpaired) electrons. The normalized spacial score (nSPS) is 11.2. The van der Waals surface area contributed by atoms with E-state index in [0.717, 1.165) is 10.8 Å². The number of carboxylic acids is 1. The van der Waals surface area contributed by atoms with Gasteiger partial charge in [-0.2, -0.15) is 0 Å². The summed E-state index contributed by atoms with van der Waals surface area (Å²) >= 11 is 1.23. The Morgan fingerprint density at radius 3 is 2.53 bits per heavy atom. The van der Waals surface area contributed by atoms with Crippen molar-refractivity contribution in [3.8, 4) is 17.2 Å². The van der Waals surface area contributed by atoms with E-state index in [1.807, 2.05) is 0 Å². The first-order valence-electron chi connectivity index (χ1n) is 8.95. The number of hydrogen-bond acceptors (Lipinski definition) is 6. The summed E-state index contributed by atoms with van der Waals surface area (Å²) in [7, 11) is 0. The van der Waals surface area contributed by atoms with Gasteiger partial charge in [0.25, 0.3) is 0 Å². The van der Waals surface area contributed by atoms with Crippen molar-refractivity contribution in [3.63, 3.8) is 0 Å². The van der Waals surface area contributed by atoms with Crippen LogP contribution in [-0.2, 0) is 4.79 Å². The van der Waals surface area contributed by atoms with Crippen molar-refractivity contribution in [1.29, 1.82) is 0 Å². The molecule has 0 spiro atoms. The van der Waals surface area contributed by atoms with Crippen molar-refractivity contribution >= 4 is 39.3 Å². The fourth-order valence-corrected chi connectivity index (χ4v) is 4.06. The number of benzene rings is 2. The summed E-state index contributed by atoms with van der Waals surface area (Å²) in [4.78, 5) is 24.1. The molecule has 7 heteroatoms. The second-order valence-electron chi connectivity index (χ2n) is 6.56. The fourth-order valence-electron chi connectivity index (χ4n) is 2.94. The largest absolute Gasteiger partial charge is 0.508 e. The molecule has 2 N–H and O–H groups in total. The molecule has 0 bridgehead atoms. The first-order valence-corrected chi connectivity index (χ1v) is 9.76. The van der Waals surface area contributed by atoms with Crippen LogP contribution in [0.25, 0.3) is 16.2 Å². The Bertz CT molecular complexity index is 1280. The second-order valence-corrected chi connectivity index (χ2v) is 7.61. The van der Waals surface area contributed by atoms with Gasteiger partial charge in [0.1, 0.15) is 28.4 Å². The lowest BCUT2D eigenvalue weighted by molar-refractivity contribution is -0.131. The maximum Gasteiger partial charge on any atom is 0.328 e. The molecule has 150 valence electrons. The number of carbonyl (C=O) groups is 2. The summed E-state index contributed by atoms with van der Waals surface area (Å²) in [6, 6.07) is 13.3. The third kappa shape index (κ3) is 3.97. The van der Waals surface area contributed by atoms with Gasteiger partial charge in [0.15, 0.2) is 5.75 Å². The van der Waals surface area contributed by atoms with Crippen molar-refractivity contribution in [3.05, 3.63) is 82.6 Å². The molecule has 6 nitrogen and oxygen atoms in total. The highest BCUT2D eigenvalue weighted by Gasteiger charge is 2.23. The second kappa shape index (κ2) is 7.88. The molecule has 0 fully saturated rings. The first kappa shape index (κ1) is 19.5. The van der Waals surface area contributed by atoms with Gasteiger partial charge in [0, 0.05) is 16.2 Å². The number of aryl methyl sites for hydroxylation is 1. The third-order valence-electron chi connectivity index (χ3n) is 4.35. The number of thiophene rings is 1. The van der Waals surface area contributed by atoms with E-state index in [1.54, 1.807) is 49.4 Å². The van der Waals surface area contributed by atoms with Gasteiger partial charge in [-0.15, -0.1) is 11.3 Å². The van der Waals surface area contributed by atoms with Crippen LogP contribution < -0.4 is 4.74 Å². The molecule has 30 heavy (non-hydrogen) atoms. The van der Waals surface area contributed by atoms with E-state index in [9.17, 15) is 14.7 Å². The lowest BCUT2D eigenvalue weighted by Gasteiger charge is -2.07. The number of ether oxygens (including phenoxy) is 1.